The second-order valence-corrected chi connectivity index (χ2v) is 7.72. The molecule has 1 nitrogen and oxygen atoms in total. The van der Waals surface area contributed by atoms with E-state index in [1.807, 2.05) is 0 Å². The van der Waals surface area contributed by atoms with Gasteiger partial charge in [-0.25, -0.2) is 0 Å². The van der Waals surface area contributed by atoms with E-state index < -0.39 is 0 Å². The van der Waals surface area contributed by atoms with E-state index >= 15 is 0 Å². The van der Waals surface area contributed by atoms with Crippen LogP contribution in [-0.4, -0.2) is 30.7 Å². The smallest absolute Gasteiger partial charge is 0.141 e. The maximum absolute atomic E-state index is 3.33. The van der Waals surface area contributed by atoms with Crippen LogP contribution < -0.4 is 0 Å². The summed E-state index contributed by atoms with van der Waals surface area (Å²) in [6.45, 7) is 7.53. The van der Waals surface area contributed by atoms with Gasteiger partial charge in [0.25, 0.3) is 0 Å². The van der Waals surface area contributed by atoms with E-state index in [1.165, 1.54) is 108 Å². The molecular formula is C20H37IN+. The van der Waals surface area contributed by atoms with Gasteiger partial charge in [0.1, 0.15) is 6.54 Å². The molecule has 0 unspecified atom stereocenters. The van der Waals surface area contributed by atoms with E-state index in [9.17, 15) is 0 Å². The number of unbranched alkanes of at least 4 members (excludes halogenated alkanes) is 10. The Balaban J connectivity index is 1.94. The van der Waals surface area contributed by atoms with Crippen LogP contribution in [0.1, 0.15) is 90.4 Å². The number of halogens is 1. The molecule has 0 aromatic carbocycles. The molecule has 22 heavy (non-hydrogen) atoms. The molecule has 0 amide bonds. The molecule has 0 aromatic heterocycles. The lowest BCUT2D eigenvalue weighted by Crippen LogP contribution is -2.46. The Labute approximate surface area is 153 Å². The zero-order chi connectivity index (χ0) is 15.9. The highest BCUT2D eigenvalue weighted by Crippen LogP contribution is 2.21. The van der Waals surface area contributed by atoms with Gasteiger partial charge in [0.05, 0.1) is 19.6 Å². The van der Waals surface area contributed by atoms with Crippen LogP contribution in [-0.2, 0) is 0 Å². The first-order valence-corrected chi connectivity index (χ1v) is 10.8. The molecule has 2 heteroatoms. The molecular weight excluding hydrogens is 381 g/mol. The van der Waals surface area contributed by atoms with Crippen molar-refractivity contribution >= 4 is 22.6 Å². The molecule has 1 aliphatic rings. The molecule has 1 heterocycles. The van der Waals surface area contributed by atoms with Gasteiger partial charge in [-0.3, -0.25) is 0 Å². The van der Waals surface area contributed by atoms with Crippen molar-refractivity contribution in [3.63, 3.8) is 0 Å². The van der Waals surface area contributed by atoms with Crippen molar-refractivity contribution in [1.29, 1.82) is 0 Å². The average molecular weight is 418 g/mol. The Bertz CT molecular complexity index is 309. The second-order valence-electron chi connectivity index (χ2n) is 7.18. The van der Waals surface area contributed by atoms with Crippen LogP contribution >= 0.6 is 22.6 Å². The summed E-state index contributed by atoms with van der Waals surface area (Å²) in [5.74, 6) is 3.33. The molecule has 0 bridgehead atoms. The predicted octanol–water partition coefficient (Wildman–Crippen LogP) is 6.30. The number of hydrogen-bond donors (Lipinski definition) is 0. The third kappa shape index (κ3) is 9.40. The summed E-state index contributed by atoms with van der Waals surface area (Å²) in [6.07, 6.45) is 18.7. The molecule has 1 rings (SSSR count). The minimum Gasteiger partial charge on any atom is -0.313 e. The molecule has 0 atom stereocenters. The van der Waals surface area contributed by atoms with Crippen molar-refractivity contribution in [2.24, 2.45) is 0 Å². The lowest BCUT2D eigenvalue weighted by atomic mass is 10.1. The predicted molar refractivity (Wildman–Crippen MR) is 107 cm³/mol. The molecule has 1 fully saturated rings. The maximum Gasteiger partial charge on any atom is 0.141 e. The molecule has 0 N–H and O–H groups in total. The highest BCUT2D eigenvalue weighted by Gasteiger charge is 2.30. The van der Waals surface area contributed by atoms with Gasteiger partial charge in [0.2, 0.25) is 0 Å². The lowest BCUT2D eigenvalue weighted by Gasteiger charge is -2.32. The number of likely N-dealkylation sites (tertiary alicyclic amines) is 1. The van der Waals surface area contributed by atoms with Gasteiger partial charge < -0.3 is 4.48 Å². The van der Waals surface area contributed by atoms with Gasteiger partial charge in [-0.2, -0.15) is 0 Å². The summed E-state index contributed by atoms with van der Waals surface area (Å²) in [4.78, 5) is 0. The van der Waals surface area contributed by atoms with Gasteiger partial charge in [-0.05, 0) is 22.7 Å². The minimum atomic E-state index is 1.10. The zero-order valence-electron chi connectivity index (χ0n) is 14.8. The molecule has 0 radical (unpaired) electrons. The monoisotopic (exact) mass is 418 g/mol. The minimum absolute atomic E-state index is 1.10. The second kappa shape index (κ2) is 13.7. The van der Waals surface area contributed by atoms with Crippen molar-refractivity contribution in [3.8, 4) is 9.85 Å². The van der Waals surface area contributed by atoms with Gasteiger partial charge in [-0.15, -0.1) is 0 Å². The van der Waals surface area contributed by atoms with Crippen LogP contribution in [0.3, 0.4) is 0 Å². The fraction of sp³-hybridized carbons (Fsp3) is 0.900. The number of rotatable bonds is 13. The van der Waals surface area contributed by atoms with Crippen LogP contribution in [0, 0.1) is 9.85 Å². The van der Waals surface area contributed by atoms with Crippen LogP contribution in [0.25, 0.3) is 0 Å². The van der Waals surface area contributed by atoms with E-state index in [1.54, 1.807) is 0 Å². The quantitative estimate of drug-likeness (QED) is 0.142. The van der Waals surface area contributed by atoms with Gasteiger partial charge >= 0.3 is 0 Å². The molecule has 128 valence electrons. The third-order valence-corrected chi connectivity index (χ3v) is 5.61. The van der Waals surface area contributed by atoms with Crippen LogP contribution in [0.4, 0.5) is 0 Å². The average Bonchev–Trinajstić information content (AvgIpc) is 3.00. The highest BCUT2D eigenvalue weighted by molar-refractivity contribution is 14.1. The molecule has 1 aliphatic heterocycles. The van der Waals surface area contributed by atoms with E-state index in [-0.39, 0.29) is 0 Å². The van der Waals surface area contributed by atoms with E-state index in [0.29, 0.717) is 0 Å². The standard InChI is InChI=1S/C20H37IN/c1-2-3-4-5-6-7-8-9-10-11-12-17-22(20-15-16-21)18-13-14-19-22/h2-14,17-20H2,1H3/q+1. The van der Waals surface area contributed by atoms with E-state index in [2.05, 4.69) is 39.4 Å². The Morgan fingerprint density at radius 3 is 1.77 bits per heavy atom. The van der Waals surface area contributed by atoms with Gasteiger partial charge in [0.15, 0.2) is 0 Å². The fourth-order valence-corrected chi connectivity index (χ4v) is 3.95. The Kier molecular flexibility index (Phi) is 12.6. The zero-order valence-corrected chi connectivity index (χ0v) is 17.0. The number of quaternary nitrogens is 1. The molecule has 0 spiro atoms. The van der Waals surface area contributed by atoms with Crippen molar-refractivity contribution < 1.29 is 4.48 Å². The third-order valence-electron chi connectivity index (χ3n) is 5.23. The summed E-state index contributed by atoms with van der Waals surface area (Å²) in [5.41, 5.74) is 0. The Morgan fingerprint density at radius 2 is 1.27 bits per heavy atom. The van der Waals surface area contributed by atoms with Gasteiger partial charge in [0, 0.05) is 35.4 Å². The molecule has 1 saturated heterocycles. The topological polar surface area (TPSA) is 0 Å². The van der Waals surface area contributed by atoms with Crippen molar-refractivity contribution in [3.05, 3.63) is 0 Å². The number of hydrogen-bond acceptors (Lipinski definition) is 0. The summed E-state index contributed by atoms with van der Waals surface area (Å²) < 4.78 is 4.37. The summed E-state index contributed by atoms with van der Waals surface area (Å²) >= 11 is 2.18. The van der Waals surface area contributed by atoms with E-state index in [4.69, 9.17) is 0 Å². The van der Waals surface area contributed by atoms with Crippen molar-refractivity contribution in [1.82, 2.24) is 0 Å². The fourth-order valence-electron chi connectivity index (χ4n) is 3.78. The Hall–Kier alpha value is 0.250. The van der Waals surface area contributed by atoms with Crippen LogP contribution in [0.15, 0.2) is 0 Å². The lowest BCUT2D eigenvalue weighted by molar-refractivity contribution is -0.910. The molecule has 0 aromatic rings. The van der Waals surface area contributed by atoms with Crippen LogP contribution in [0.5, 0.6) is 0 Å². The normalized spacial score (nSPS) is 16.5. The van der Waals surface area contributed by atoms with E-state index in [0.717, 1.165) is 6.54 Å². The molecule has 0 saturated carbocycles. The van der Waals surface area contributed by atoms with Crippen molar-refractivity contribution in [2.75, 3.05) is 26.2 Å². The first-order chi connectivity index (χ1) is 10.8. The first-order valence-electron chi connectivity index (χ1n) is 9.76. The first kappa shape index (κ1) is 20.3. The summed E-state index contributed by atoms with van der Waals surface area (Å²) in [7, 11) is 0. The van der Waals surface area contributed by atoms with Crippen molar-refractivity contribution in [2.45, 2.75) is 90.4 Å². The maximum atomic E-state index is 3.33. The number of nitrogens with zero attached hydrogens (tertiary/aromatic N) is 1. The Morgan fingerprint density at radius 1 is 0.773 bits per heavy atom. The molecule has 0 aliphatic carbocycles. The van der Waals surface area contributed by atoms with Crippen LogP contribution in [0.2, 0.25) is 0 Å². The highest BCUT2D eigenvalue weighted by atomic mass is 127. The summed E-state index contributed by atoms with van der Waals surface area (Å²) in [6, 6.07) is 0. The van der Waals surface area contributed by atoms with Gasteiger partial charge in [-0.1, -0.05) is 64.7 Å². The largest absolute Gasteiger partial charge is 0.313 e. The SMILES string of the molecule is CCCCCCCCCCCCC[N+]1(CC#CI)CCCC1. The summed E-state index contributed by atoms with van der Waals surface area (Å²) in [5, 5.41) is 0.